The summed E-state index contributed by atoms with van der Waals surface area (Å²) in [5.74, 6) is 2.14. The lowest BCUT2D eigenvalue weighted by molar-refractivity contribution is 0.161. The van der Waals surface area contributed by atoms with E-state index < -0.39 is 0 Å². The molecule has 104 valence electrons. The normalized spacial score (nSPS) is 30.6. The number of hydrogen-bond donors (Lipinski definition) is 1. The summed E-state index contributed by atoms with van der Waals surface area (Å²) in [5.41, 5.74) is 1.17. The number of aliphatic hydroxyl groups excluding tert-OH is 1. The van der Waals surface area contributed by atoms with Crippen LogP contribution in [0.4, 0.5) is 5.95 Å². The van der Waals surface area contributed by atoms with Crippen LogP contribution in [-0.2, 0) is 6.54 Å². The van der Waals surface area contributed by atoms with Crippen molar-refractivity contribution in [1.29, 1.82) is 0 Å². The molecule has 1 saturated heterocycles. The fourth-order valence-electron chi connectivity index (χ4n) is 3.41. The fraction of sp³-hybridized carbons (Fsp3) is 0.714. The number of rotatable bonds is 3. The molecule has 0 radical (unpaired) electrons. The first kappa shape index (κ1) is 12.8. The van der Waals surface area contributed by atoms with Crippen molar-refractivity contribution in [3.05, 3.63) is 18.0 Å². The van der Waals surface area contributed by atoms with Crippen molar-refractivity contribution in [3.8, 4) is 0 Å². The third-order valence-corrected chi connectivity index (χ3v) is 4.30. The van der Waals surface area contributed by atoms with Crippen LogP contribution in [0, 0.1) is 11.8 Å². The van der Waals surface area contributed by atoms with Crippen molar-refractivity contribution in [1.82, 2.24) is 14.9 Å². The van der Waals surface area contributed by atoms with E-state index in [0.717, 1.165) is 38.4 Å². The first-order valence-corrected chi connectivity index (χ1v) is 7.00. The summed E-state index contributed by atoms with van der Waals surface area (Å²) < 4.78 is 0. The van der Waals surface area contributed by atoms with E-state index in [9.17, 15) is 5.11 Å². The van der Waals surface area contributed by atoms with Crippen LogP contribution in [0.5, 0.6) is 0 Å². The standard InChI is InChI=1S/C14H22N4O/c1-17(2)14-15-5-10(6-16-14)7-18-8-11-3-13(19)4-12(11)9-18/h5-6,11-13,19H,3-4,7-9H2,1-2H3/t11-,12+,13?. The molecule has 2 heterocycles. The molecule has 0 aromatic carbocycles. The Balaban J connectivity index is 1.58. The Morgan fingerprint density at radius 1 is 1.21 bits per heavy atom. The maximum absolute atomic E-state index is 9.65. The van der Waals surface area contributed by atoms with E-state index >= 15 is 0 Å². The first-order valence-electron chi connectivity index (χ1n) is 7.00. The predicted molar refractivity (Wildman–Crippen MR) is 73.9 cm³/mol. The van der Waals surface area contributed by atoms with Gasteiger partial charge < -0.3 is 10.0 Å². The Bertz CT molecular complexity index is 420. The van der Waals surface area contributed by atoms with Crippen molar-refractivity contribution >= 4 is 5.95 Å². The Hall–Kier alpha value is -1.20. The summed E-state index contributed by atoms with van der Waals surface area (Å²) >= 11 is 0. The second-order valence-corrected chi connectivity index (χ2v) is 6.13. The highest BCUT2D eigenvalue weighted by Crippen LogP contribution is 2.38. The molecule has 5 heteroatoms. The molecule has 1 aromatic heterocycles. The molecule has 1 aliphatic heterocycles. The summed E-state index contributed by atoms with van der Waals surface area (Å²) in [4.78, 5) is 13.1. The maximum atomic E-state index is 9.65. The van der Waals surface area contributed by atoms with Gasteiger partial charge in [-0.15, -0.1) is 0 Å². The zero-order valence-corrected chi connectivity index (χ0v) is 11.7. The van der Waals surface area contributed by atoms with E-state index in [1.165, 1.54) is 5.56 Å². The highest BCUT2D eigenvalue weighted by molar-refractivity contribution is 5.26. The highest BCUT2D eigenvalue weighted by Gasteiger charge is 2.39. The van der Waals surface area contributed by atoms with E-state index in [4.69, 9.17) is 0 Å². The first-order chi connectivity index (χ1) is 9.11. The number of aromatic nitrogens is 2. The molecule has 1 aliphatic carbocycles. The van der Waals surface area contributed by atoms with Crippen molar-refractivity contribution in [2.45, 2.75) is 25.5 Å². The number of likely N-dealkylation sites (tertiary alicyclic amines) is 1. The van der Waals surface area contributed by atoms with E-state index in [1.54, 1.807) is 0 Å². The summed E-state index contributed by atoms with van der Waals surface area (Å²) in [6, 6.07) is 0. The van der Waals surface area contributed by atoms with Crippen molar-refractivity contribution in [3.63, 3.8) is 0 Å². The van der Waals surface area contributed by atoms with Gasteiger partial charge in [-0.25, -0.2) is 9.97 Å². The zero-order valence-electron chi connectivity index (χ0n) is 11.7. The second-order valence-electron chi connectivity index (χ2n) is 6.13. The number of aliphatic hydroxyl groups is 1. The van der Waals surface area contributed by atoms with E-state index in [2.05, 4.69) is 14.9 Å². The average molecular weight is 262 g/mol. The van der Waals surface area contributed by atoms with Crippen LogP contribution < -0.4 is 4.90 Å². The van der Waals surface area contributed by atoms with Crippen molar-refractivity contribution in [2.75, 3.05) is 32.1 Å². The lowest BCUT2D eigenvalue weighted by Gasteiger charge is -2.17. The van der Waals surface area contributed by atoms with Crippen LogP contribution >= 0.6 is 0 Å². The lowest BCUT2D eigenvalue weighted by atomic mass is 10.0. The van der Waals surface area contributed by atoms with Crippen LogP contribution in [0.2, 0.25) is 0 Å². The molecule has 1 aromatic rings. The maximum Gasteiger partial charge on any atom is 0.224 e. The van der Waals surface area contributed by atoms with Crippen molar-refractivity contribution in [2.24, 2.45) is 11.8 Å². The van der Waals surface area contributed by atoms with E-state index in [1.807, 2.05) is 31.4 Å². The van der Waals surface area contributed by atoms with Crippen molar-refractivity contribution < 1.29 is 5.11 Å². The Morgan fingerprint density at radius 2 is 1.79 bits per heavy atom. The molecule has 1 N–H and O–H groups in total. The minimum Gasteiger partial charge on any atom is -0.393 e. The SMILES string of the molecule is CN(C)c1ncc(CN2C[C@H]3CC(O)C[C@H]3C2)cn1. The number of hydrogen-bond acceptors (Lipinski definition) is 5. The van der Waals surface area contributed by atoms with Gasteiger partial charge in [-0.2, -0.15) is 0 Å². The molecule has 1 saturated carbocycles. The molecule has 0 amide bonds. The van der Waals surface area contributed by atoms with Gasteiger partial charge in [0.25, 0.3) is 0 Å². The van der Waals surface area contributed by atoms with Crippen LogP contribution in [-0.4, -0.2) is 53.3 Å². The smallest absolute Gasteiger partial charge is 0.224 e. The fourth-order valence-corrected chi connectivity index (χ4v) is 3.41. The Morgan fingerprint density at radius 3 is 2.32 bits per heavy atom. The van der Waals surface area contributed by atoms with Gasteiger partial charge in [0.05, 0.1) is 6.10 Å². The quantitative estimate of drug-likeness (QED) is 0.871. The summed E-state index contributed by atoms with van der Waals surface area (Å²) in [7, 11) is 3.89. The second kappa shape index (κ2) is 5.06. The van der Waals surface area contributed by atoms with Crippen LogP contribution in [0.25, 0.3) is 0 Å². The zero-order chi connectivity index (χ0) is 13.4. The third kappa shape index (κ3) is 2.72. The molecule has 3 rings (SSSR count). The van der Waals surface area contributed by atoms with Crippen LogP contribution in [0.1, 0.15) is 18.4 Å². The molecule has 2 aliphatic rings. The molecule has 0 bridgehead atoms. The van der Waals surface area contributed by atoms with Gasteiger partial charge in [0.15, 0.2) is 0 Å². The minimum atomic E-state index is -0.0557. The predicted octanol–water partition coefficient (Wildman–Crippen LogP) is 0.745. The molecule has 3 atom stereocenters. The minimum absolute atomic E-state index is 0.0557. The van der Waals surface area contributed by atoms with Gasteiger partial charge in [-0.1, -0.05) is 0 Å². The van der Waals surface area contributed by atoms with E-state index in [-0.39, 0.29) is 6.10 Å². The van der Waals surface area contributed by atoms with Gasteiger partial charge in [-0.05, 0) is 24.7 Å². The topological polar surface area (TPSA) is 52.5 Å². The molecule has 19 heavy (non-hydrogen) atoms. The Kier molecular flexibility index (Phi) is 3.41. The molecule has 2 fully saturated rings. The van der Waals surface area contributed by atoms with Gasteiger partial charge in [0.2, 0.25) is 5.95 Å². The number of anilines is 1. The van der Waals surface area contributed by atoms with Gasteiger partial charge in [0, 0.05) is 51.7 Å². The average Bonchev–Trinajstić information content (AvgIpc) is 2.86. The largest absolute Gasteiger partial charge is 0.393 e. The highest BCUT2D eigenvalue weighted by atomic mass is 16.3. The lowest BCUT2D eigenvalue weighted by Crippen LogP contribution is -2.23. The summed E-state index contributed by atoms with van der Waals surface area (Å²) in [5, 5.41) is 9.65. The number of fused-ring (bicyclic) bond motifs is 1. The van der Waals surface area contributed by atoms with Gasteiger partial charge >= 0.3 is 0 Å². The summed E-state index contributed by atoms with van der Waals surface area (Å²) in [6.07, 6.45) is 5.75. The summed E-state index contributed by atoms with van der Waals surface area (Å²) in [6.45, 7) is 3.14. The molecular formula is C14H22N4O. The monoisotopic (exact) mass is 262 g/mol. The van der Waals surface area contributed by atoms with Gasteiger partial charge in [-0.3, -0.25) is 4.90 Å². The Labute approximate surface area is 114 Å². The molecule has 0 spiro atoms. The van der Waals surface area contributed by atoms with Crippen LogP contribution in [0.15, 0.2) is 12.4 Å². The molecule has 5 nitrogen and oxygen atoms in total. The molecule has 1 unspecified atom stereocenters. The van der Waals surface area contributed by atoms with E-state index in [0.29, 0.717) is 11.8 Å². The number of nitrogens with zero attached hydrogens (tertiary/aromatic N) is 4. The molecular weight excluding hydrogens is 240 g/mol. The van der Waals surface area contributed by atoms with Crippen LogP contribution in [0.3, 0.4) is 0 Å². The van der Waals surface area contributed by atoms with Gasteiger partial charge in [0.1, 0.15) is 0 Å². The third-order valence-electron chi connectivity index (χ3n) is 4.30.